The number of aryl methyl sites for hydroxylation is 1. The van der Waals surface area contributed by atoms with Gasteiger partial charge in [-0.1, -0.05) is 17.7 Å². The van der Waals surface area contributed by atoms with Crippen LogP contribution in [0.1, 0.15) is 24.0 Å². The van der Waals surface area contributed by atoms with Crippen molar-refractivity contribution >= 4 is 5.69 Å². The lowest BCUT2D eigenvalue weighted by atomic mass is 9.96. The van der Waals surface area contributed by atoms with E-state index in [9.17, 15) is 0 Å². The Labute approximate surface area is 117 Å². The first-order valence-electron chi connectivity index (χ1n) is 7.26. The van der Waals surface area contributed by atoms with Gasteiger partial charge >= 0.3 is 0 Å². The fourth-order valence-corrected chi connectivity index (χ4v) is 2.91. The molecule has 0 amide bonds. The second-order valence-corrected chi connectivity index (χ2v) is 6.15. The number of piperidine rings is 1. The smallest absolute Gasteiger partial charge is 0.0359 e. The highest BCUT2D eigenvalue weighted by molar-refractivity contribution is 5.48. The Balaban J connectivity index is 1.87. The Morgan fingerprint density at radius 3 is 2.68 bits per heavy atom. The van der Waals surface area contributed by atoms with Crippen LogP contribution in [0.15, 0.2) is 18.2 Å². The van der Waals surface area contributed by atoms with Gasteiger partial charge in [0.2, 0.25) is 0 Å². The van der Waals surface area contributed by atoms with Gasteiger partial charge in [-0.15, -0.1) is 0 Å². The predicted molar refractivity (Wildman–Crippen MR) is 82.1 cm³/mol. The predicted octanol–water partition coefficient (Wildman–Crippen LogP) is 2.35. The molecule has 0 unspecified atom stereocenters. The van der Waals surface area contributed by atoms with Crippen LogP contribution in [0.4, 0.5) is 5.69 Å². The zero-order valence-electron chi connectivity index (χ0n) is 12.5. The molecule has 3 heteroatoms. The number of anilines is 1. The molecule has 0 bridgehead atoms. The van der Waals surface area contributed by atoms with Crippen molar-refractivity contribution in [3.8, 4) is 0 Å². The molecular formula is C16H27N3. The summed E-state index contributed by atoms with van der Waals surface area (Å²) in [6, 6.07) is 6.31. The van der Waals surface area contributed by atoms with Crippen molar-refractivity contribution in [2.24, 2.45) is 5.92 Å². The summed E-state index contributed by atoms with van der Waals surface area (Å²) >= 11 is 0. The van der Waals surface area contributed by atoms with Crippen LogP contribution < -0.4 is 5.73 Å². The molecule has 3 nitrogen and oxygen atoms in total. The highest BCUT2D eigenvalue weighted by Crippen LogP contribution is 2.20. The zero-order chi connectivity index (χ0) is 13.8. The molecule has 0 radical (unpaired) electrons. The van der Waals surface area contributed by atoms with Crippen LogP contribution in [0.3, 0.4) is 0 Å². The SMILES string of the molecule is Cc1ccc(N)c(CN(C)CC2CCN(C)CC2)c1. The maximum atomic E-state index is 6.06. The van der Waals surface area contributed by atoms with Gasteiger partial charge in [0.25, 0.3) is 0 Å². The van der Waals surface area contributed by atoms with E-state index in [0.29, 0.717) is 0 Å². The summed E-state index contributed by atoms with van der Waals surface area (Å²) in [5, 5.41) is 0. The van der Waals surface area contributed by atoms with Gasteiger partial charge in [-0.3, -0.25) is 0 Å². The van der Waals surface area contributed by atoms with Crippen LogP contribution in [0.25, 0.3) is 0 Å². The van der Waals surface area contributed by atoms with E-state index >= 15 is 0 Å². The maximum Gasteiger partial charge on any atom is 0.0359 e. The molecular weight excluding hydrogens is 234 g/mol. The summed E-state index contributed by atoms with van der Waals surface area (Å²) in [7, 11) is 4.42. The van der Waals surface area contributed by atoms with Gasteiger partial charge in [-0.05, 0) is 64.5 Å². The van der Waals surface area contributed by atoms with E-state index in [2.05, 4.69) is 43.0 Å². The highest BCUT2D eigenvalue weighted by Gasteiger charge is 2.18. The summed E-state index contributed by atoms with van der Waals surface area (Å²) in [6.07, 6.45) is 2.65. The molecule has 0 saturated carbocycles. The van der Waals surface area contributed by atoms with Crippen molar-refractivity contribution in [1.29, 1.82) is 0 Å². The Hall–Kier alpha value is -1.06. The number of nitrogen functional groups attached to an aromatic ring is 1. The molecule has 1 heterocycles. The first-order valence-corrected chi connectivity index (χ1v) is 7.26. The van der Waals surface area contributed by atoms with Crippen molar-refractivity contribution < 1.29 is 0 Å². The summed E-state index contributed by atoms with van der Waals surface area (Å²) in [5.74, 6) is 0.840. The molecule has 106 valence electrons. The monoisotopic (exact) mass is 261 g/mol. The molecule has 1 aliphatic rings. The van der Waals surface area contributed by atoms with Crippen LogP contribution in [0, 0.1) is 12.8 Å². The van der Waals surface area contributed by atoms with E-state index in [0.717, 1.165) is 18.2 Å². The molecule has 0 aliphatic carbocycles. The molecule has 2 rings (SSSR count). The second kappa shape index (κ2) is 6.40. The fraction of sp³-hybridized carbons (Fsp3) is 0.625. The van der Waals surface area contributed by atoms with Gasteiger partial charge in [0, 0.05) is 18.8 Å². The van der Waals surface area contributed by atoms with E-state index in [4.69, 9.17) is 5.73 Å². The number of benzene rings is 1. The van der Waals surface area contributed by atoms with Crippen LogP contribution in [-0.2, 0) is 6.54 Å². The Morgan fingerprint density at radius 2 is 2.00 bits per heavy atom. The minimum atomic E-state index is 0.840. The molecule has 1 aliphatic heterocycles. The Morgan fingerprint density at radius 1 is 1.32 bits per heavy atom. The molecule has 0 atom stereocenters. The lowest BCUT2D eigenvalue weighted by molar-refractivity contribution is 0.173. The number of hydrogen-bond acceptors (Lipinski definition) is 3. The molecule has 1 fully saturated rings. The lowest BCUT2D eigenvalue weighted by Gasteiger charge is -2.31. The van der Waals surface area contributed by atoms with Gasteiger partial charge in [0.1, 0.15) is 0 Å². The summed E-state index contributed by atoms with van der Waals surface area (Å²) < 4.78 is 0. The first kappa shape index (κ1) is 14.4. The average molecular weight is 261 g/mol. The van der Waals surface area contributed by atoms with E-state index in [1.54, 1.807) is 0 Å². The number of likely N-dealkylation sites (tertiary alicyclic amines) is 1. The molecule has 1 aromatic rings. The van der Waals surface area contributed by atoms with Crippen LogP contribution in [0.5, 0.6) is 0 Å². The fourth-order valence-electron chi connectivity index (χ4n) is 2.91. The molecule has 0 aromatic heterocycles. The van der Waals surface area contributed by atoms with Crippen LogP contribution in [-0.4, -0.2) is 43.5 Å². The summed E-state index contributed by atoms with van der Waals surface area (Å²) in [4.78, 5) is 4.84. The maximum absolute atomic E-state index is 6.06. The van der Waals surface area contributed by atoms with Gasteiger partial charge in [-0.2, -0.15) is 0 Å². The number of hydrogen-bond donors (Lipinski definition) is 1. The van der Waals surface area contributed by atoms with Crippen LogP contribution in [0.2, 0.25) is 0 Å². The zero-order valence-corrected chi connectivity index (χ0v) is 12.5. The number of nitrogens with zero attached hydrogens (tertiary/aromatic N) is 2. The third-order valence-electron chi connectivity index (χ3n) is 4.15. The minimum absolute atomic E-state index is 0.840. The highest BCUT2D eigenvalue weighted by atomic mass is 15.1. The molecule has 1 saturated heterocycles. The van der Waals surface area contributed by atoms with Gasteiger partial charge < -0.3 is 15.5 Å². The third kappa shape index (κ3) is 4.22. The molecule has 1 aromatic carbocycles. The first-order chi connectivity index (χ1) is 9.04. The standard InChI is InChI=1S/C16H27N3/c1-13-4-5-16(17)15(10-13)12-19(3)11-14-6-8-18(2)9-7-14/h4-5,10,14H,6-9,11-12,17H2,1-3H3. The number of nitrogens with two attached hydrogens (primary N) is 1. The lowest BCUT2D eigenvalue weighted by Crippen LogP contribution is -2.35. The average Bonchev–Trinajstić information content (AvgIpc) is 2.37. The normalized spacial score (nSPS) is 18.1. The van der Waals surface area contributed by atoms with Crippen molar-refractivity contribution in [1.82, 2.24) is 9.80 Å². The third-order valence-corrected chi connectivity index (χ3v) is 4.15. The second-order valence-electron chi connectivity index (χ2n) is 6.15. The van der Waals surface area contributed by atoms with Crippen molar-refractivity contribution in [3.63, 3.8) is 0 Å². The molecule has 19 heavy (non-hydrogen) atoms. The minimum Gasteiger partial charge on any atom is -0.398 e. The van der Waals surface area contributed by atoms with Crippen molar-refractivity contribution in [3.05, 3.63) is 29.3 Å². The Bertz CT molecular complexity index is 408. The van der Waals surface area contributed by atoms with Crippen molar-refractivity contribution in [2.45, 2.75) is 26.3 Å². The van der Waals surface area contributed by atoms with Crippen LogP contribution >= 0.6 is 0 Å². The Kier molecular flexibility index (Phi) is 4.83. The quantitative estimate of drug-likeness (QED) is 0.845. The van der Waals surface area contributed by atoms with E-state index in [1.165, 1.54) is 43.6 Å². The van der Waals surface area contributed by atoms with Gasteiger partial charge in [-0.25, -0.2) is 0 Å². The van der Waals surface area contributed by atoms with Crippen molar-refractivity contribution in [2.75, 3.05) is 39.5 Å². The largest absolute Gasteiger partial charge is 0.398 e. The summed E-state index contributed by atoms with van der Waals surface area (Å²) in [6.45, 7) is 6.75. The number of rotatable bonds is 4. The van der Waals surface area contributed by atoms with E-state index in [1.807, 2.05) is 6.07 Å². The molecule has 2 N–H and O–H groups in total. The molecule has 0 spiro atoms. The summed E-state index contributed by atoms with van der Waals surface area (Å²) in [5.41, 5.74) is 9.52. The van der Waals surface area contributed by atoms with E-state index < -0.39 is 0 Å². The topological polar surface area (TPSA) is 32.5 Å². The van der Waals surface area contributed by atoms with Gasteiger partial charge in [0.15, 0.2) is 0 Å². The van der Waals surface area contributed by atoms with Gasteiger partial charge in [0.05, 0.1) is 0 Å². The van der Waals surface area contributed by atoms with E-state index in [-0.39, 0.29) is 0 Å².